The highest BCUT2D eigenvalue weighted by atomic mass is 127. The normalized spacial score (nSPS) is 10.5. The van der Waals surface area contributed by atoms with Gasteiger partial charge in [0.15, 0.2) is 0 Å². The molecule has 0 aliphatic heterocycles. The van der Waals surface area contributed by atoms with Gasteiger partial charge in [-0.3, -0.25) is 0 Å². The first-order valence-corrected chi connectivity index (χ1v) is 7.05. The van der Waals surface area contributed by atoms with Crippen LogP contribution in [0.25, 0.3) is 0 Å². The van der Waals surface area contributed by atoms with Crippen molar-refractivity contribution in [3.8, 4) is 0 Å². The maximum absolute atomic E-state index is 3.48. The minimum atomic E-state index is 1.18. The Balaban J connectivity index is 2.42. The number of benzene rings is 1. The van der Waals surface area contributed by atoms with E-state index in [-0.39, 0.29) is 0 Å². The molecule has 2 heteroatoms. The van der Waals surface area contributed by atoms with Crippen LogP contribution in [0.15, 0.2) is 22.7 Å². The van der Waals surface area contributed by atoms with E-state index in [0.29, 0.717) is 0 Å². The fourth-order valence-corrected chi connectivity index (χ4v) is 3.04. The molecule has 1 aromatic carbocycles. The number of halogens is 2. The van der Waals surface area contributed by atoms with Crippen LogP contribution in [0.2, 0.25) is 0 Å². The second-order valence-corrected chi connectivity index (χ2v) is 5.62. The molecule has 1 aromatic rings. The summed E-state index contributed by atoms with van der Waals surface area (Å²) in [6.45, 7) is 2.25. The van der Waals surface area contributed by atoms with E-state index in [2.05, 4.69) is 63.6 Å². The molecule has 0 aliphatic rings. The number of hydrogen-bond donors (Lipinski definition) is 0. The molecule has 0 aromatic heterocycles. The Labute approximate surface area is 109 Å². The minimum Gasteiger partial charge on any atom is -0.0654 e. The second-order valence-electron chi connectivity index (χ2n) is 3.55. The molecule has 0 heterocycles. The molecular weight excluding hydrogens is 351 g/mol. The van der Waals surface area contributed by atoms with Crippen molar-refractivity contribution < 1.29 is 0 Å². The van der Waals surface area contributed by atoms with E-state index in [1.54, 1.807) is 0 Å². The monoisotopic (exact) mass is 366 g/mol. The van der Waals surface area contributed by atoms with Gasteiger partial charge in [-0.15, -0.1) is 0 Å². The Bertz CT molecular complexity index is 284. The van der Waals surface area contributed by atoms with Crippen molar-refractivity contribution in [2.75, 3.05) is 0 Å². The average Bonchev–Trinajstić information content (AvgIpc) is 2.15. The maximum atomic E-state index is 3.48. The van der Waals surface area contributed by atoms with E-state index in [1.165, 1.54) is 45.7 Å². The Kier molecular flexibility index (Phi) is 6.10. The molecule has 0 fully saturated rings. The lowest BCUT2D eigenvalue weighted by Gasteiger charge is -2.04. The van der Waals surface area contributed by atoms with Crippen LogP contribution in [0.5, 0.6) is 0 Å². The predicted molar refractivity (Wildman–Crippen MR) is 74.7 cm³/mol. The fraction of sp³-hybridized carbons (Fsp3) is 0.500. The lowest BCUT2D eigenvalue weighted by Crippen LogP contribution is -1.89. The standard InChI is InChI=1S/C12H16BrI/c1-2-3-4-5-6-10-7-8-11(13)9-12(10)14/h7-9H,2-6H2,1H3. The second kappa shape index (κ2) is 6.83. The van der Waals surface area contributed by atoms with E-state index in [4.69, 9.17) is 0 Å². The van der Waals surface area contributed by atoms with E-state index in [9.17, 15) is 0 Å². The summed E-state index contributed by atoms with van der Waals surface area (Å²) in [4.78, 5) is 0. The average molecular weight is 367 g/mol. The van der Waals surface area contributed by atoms with Gasteiger partial charge in [0, 0.05) is 8.04 Å². The summed E-state index contributed by atoms with van der Waals surface area (Å²) in [6.07, 6.45) is 6.60. The van der Waals surface area contributed by atoms with Crippen LogP contribution >= 0.6 is 38.5 Å². The SMILES string of the molecule is CCCCCCc1ccc(Br)cc1I. The van der Waals surface area contributed by atoms with Gasteiger partial charge in [-0.2, -0.15) is 0 Å². The van der Waals surface area contributed by atoms with Gasteiger partial charge in [0.05, 0.1) is 0 Å². The summed E-state index contributed by atoms with van der Waals surface area (Å²) < 4.78 is 2.56. The van der Waals surface area contributed by atoms with Gasteiger partial charge in [0.1, 0.15) is 0 Å². The van der Waals surface area contributed by atoms with E-state index >= 15 is 0 Å². The largest absolute Gasteiger partial charge is 0.0654 e. The zero-order valence-corrected chi connectivity index (χ0v) is 12.3. The Morgan fingerprint density at radius 1 is 1.21 bits per heavy atom. The molecule has 14 heavy (non-hydrogen) atoms. The van der Waals surface area contributed by atoms with Crippen LogP contribution in [0.1, 0.15) is 38.2 Å². The smallest absolute Gasteiger partial charge is 0.0185 e. The van der Waals surface area contributed by atoms with Crippen LogP contribution in [0.3, 0.4) is 0 Å². The molecule has 0 bridgehead atoms. The van der Waals surface area contributed by atoms with Crippen molar-refractivity contribution in [2.45, 2.75) is 39.0 Å². The zero-order valence-electron chi connectivity index (χ0n) is 8.52. The van der Waals surface area contributed by atoms with E-state index < -0.39 is 0 Å². The molecule has 1 rings (SSSR count). The summed E-state index contributed by atoms with van der Waals surface area (Å²) in [7, 11) is 0. The van der Waals surface area contributed by atoms with Gasteiger partial charge in [0.2, 0.25) is 0 Å². The van der Waals surface area contributed by atoms with Gasteiger partial charge >= 0.3 is 0 Å². The molecule has 0 aliphatic carbocycles. The van der Waals surface area contributed by atoms with Crippen LogP contribution in [-0.2, 0) is 6.42 Å². The highest BCUT2D eigenvalue weighted by Crippen LogP contribution is 2.20. The number of hydrogen-bond acceptors (Lipinski definition) is 0. The Morgan fingerprint density at radius 3 is 2.64 bits per heavy atom. The molecule has 0 atom stereocenters. The minimum absolute atomic E-state index is 1.18. The van der Waals surface area contributed by atoms with E-state index in [0.717, 1.165) is 0 Å². The summed E-state index contributed by atoms with van der Waals surface area (Å²) in [5.74, 6) is 0. The molecule has 78 valence electrons. The number of aryl methyl sites for hydroxylation is 1. The summed E-state index contributed by atoms with van der Waals surface area (Å²) in [5.41, 5.74) is 1.49. The molecule has 0 spiro atoms. The third kappa shape index (κ3) is 4.30. The molecule has 0 radical (unpaired) electrons. The van der Waals surface area contributed by atoms with Gasteiger partial charge in [-0.1, -0.05) is 48.2 Å². The van der Waals surface area contributed by atoms with Crippen molar-refractivity contribution in [3.05, 3.63) is 31.8 Å². The summed E-state index contributed by atoms with van der Waals surface area (Å²) in [6, 6.07) is 6.56. The molecule has 0 nitrogen and oxygen atoms in total. The Morgan fingerprint density at radius 2 is 2.00 bits per heavy atom. The third-order valence-electron chi connectivity index (χ3n) is 2.31. The summed E-state index contributed by atoms with van der Waals surface area (Å²) >= 11 is 5.90. The third-order valence-corrected chi connectivity index (χ3v) is 3.81. The summed E-state index contributed by atoms with van der Waals surface area (Å²) in [5, 5.41) is 0. The molecule has 0 amide bonds. The van der Waals surface area contributed by atoms with Crippen LogP contribution in [0.4, 0.5) is 0 Å². The number of rotatable bonds is 5. The van der Waals surface area contributed by atoms with Crippen LogP contribution < -0.4 is 0 Å². The van der Waals surface area contributed by atoms with Gasteiger partial charge in [-0.05, 0) is 53.1 Å². The first kappa shape index (κ1) is 12.5. The zero-order chi connectivity index (χ0) is 10.4. The maximum Gasteiger partial charge on any atom is 0.0185 e. The van der Waals surface area contributed by atoms with Crippen molar-refractivity contribution in [1.29, 1.82) is 0 Å². The molecule has 0 saturated heterocycles. The lowest BCUT2D eigenvalue weighted by atomic mass is 10.1. The van der Waals surface area contributed by atoms with Crippen LogP contribution in [0, 0.1) is 3.57 Å². The molecular formula is C12H16BrI. The van der Waals surface area contributed by atoms with Crippen LogP contribution in [-0.4, -0.2) is 0 Å². The van der Waals surface area contributed by atoms with Gasteiger partial charge in [0.25, 0.3) is 0 Å². The molecule has 0 unspecified atom stereocenters. The lowest BCUT2D eigenvalue weighted by molar-refractivity contribution is 0.666. The first-order valence-electron chi connectivity index (χ1n) is 5.18. The fourth-order valence-electron chi connectivity index (χ4n) is 1.47. The quantitative estimate of drug-likeness (QED) is 0.497. The highest BCUT2D eigenvalue weighted by Gasteiger charge is 1.99. The molecule has 0 N–H and O–H groups in total. The number of unbranched alkanes of at least 4 members (excludes halogenated alkanes) is 3. The van der Waals surface area contributed by atoms with Gasteiger partial charge < -0.3 is 0 Å². The Hall–Kier alpha value is 0.430. The first-order chi connectivity index (χ1) is 6.74. The van der Waals surface area contributed by atoms with Crippen molar-refractivity contribution in [3.63, 3.8) is 0 Å². The van der Waals surface area contributed by atoms with E-state index in [1.807, 2.05) is 0 Å². The van der Waals surface area contributed by atoms with Crippen molar-refractivity contribution in [2.24, 2.45) is 0 Å². The highest BCUT2D eigenvalue weighted by molar-refractivity contribution is 14.1. The topological polar surface area (TPSA) is 0 Å². The predicted octanol–water partition coefficient (Wildman–Crippen LogP) is 5.18. The van der Waals surface area contributed by atoms with Gasteiger partial charge in [-0.25, -0.2) is 0 Å². The van der Waals surface area contributed by atoms with Crippen molar-refractivity contribution in [1.82, 2.24) is 0 Å². The molecule has 0 saturated carbocycles. The van der Waals surface area contributed by atoms with Crippen molar-refractivity contribution >= 4 is 38.5 Å².